The molecule has 1 aromatic heterocycles. The van der Waals surface area contributed by atoms with Gasteiger partial charge in [0.25, 0.3) is 0 Å². The number of hydrogen-bond acceptors (Lipinski definition) is 0. The van der Waals surface area contributed by atoms with Crippen molar-refractivity contribution in [2.75, 3.05) is 0 Å². The molecule has 1 N–H and O–H groups in total. The topological polar surface area (TPSA) is 15.8 Å². The van der Waals surface area contributed by atoms with Gasteiger partial charge in [-0.05, 0) is 0 Å². The van der Waals surface area contributed by atoms with E-state index in [1.54, 1.807) is 6.68 Å². The Bertz CT molecular complexity index is 725. The van der Waals surface area contributed by atoms with Gasteiger partial charge in [0.15, 0.2) is 0 Å². The number of allylic oxidation sites excluding steroid dienone is 4. The molecule has 0 spiro atoms. The Kier molecular flexibility index (Phi) is 7.39. The second-order valence-electron chi connectivity index (χ2n) is 7.81. The van der Waals surface area contributed by atoms with Gasteiger partial charge in [0, 0.05) is 0 Å². The molecule has 1 nitrogen and oxygen atoms in total. The van der Waals surface area contributed by atoms with Crippen molar-refractivity contribution in [3.05, 3.63) is 51.8 Å². The Hall–Kier alpha value is -0.0800. The normalized spacial score (nSPS) is 16.5. The fourth-order valence-corrected chi connectivity index (χ4v) is 41.7. The van der Waals surface area contributed by atoms with Gasteiger partial charge in [-0.3, -0.25) is 0 Å². The molecule has 1 aliphatic rings. The van der Waals surface area contributed by atoms with Crippen molar-refractivity contribution in [3.8, 4) is 0 Å². The Morgan fingerprint density at radius 3 is 2.25 bits per heavy atom. The van der Waals surface area contributed by atoms with Crippen LogP contribution in [0.5, 0.6) is 0 Å². The summed E-state index contributed by atoms with van der Waals surface area (Å²) in [6.07, 6.45) is 8.28. The zero-order valence-corrected chi connectivity index (χ0v) is 20.5. The number of halogens is 2. The van der Waals surface area contributed by atoms with Crippen LogP contribution in [0.1, 0.15) is 27.2 Å². The Balaban J connectivity index is 0.00000144. The number of fused-ring (bicyclic) bond motifs is 1. The molecule has 1 aliphatic carbocycles. The van der Waals surface area contributed by atoms with Gasteiger partial charge in [-0.25, -0.2) is 0 Å². The minimum Gasteiger partial charge on any atom is -0.147 e. The third-order valence-electron chi connectivity index (χ3n) is 5.28. The van der Waals surface area contributed by atoms with Crippen molar-refractivity contribution >= 4 is 45.0 Å². The molecule has 3 rings (SSSR count). The van der Waals surface area contributed by atoms with Crippen LogP contribution in [0.3, 0.4) is 0 Å². The van der Waals surface area contributed by atoms with Crippen LogP contribution in [-0.2, 0) is 19.4 Å². The molecule has 24 heavy (non-hydrogen) atoms. The molecule has 0 aliphatic heterocycles. The average Bonchev–Trinajstić information content (AvgIpc) is 3.06. The minimum atomic E-state index is -2.68. The molecule has 5 heteroatoms. The van der Waals surface area contributed by atoms with Crippen LogP contribution in [0.2, 0.25) is 16.2 Å². The zero-order valence-electron chi connectivity index (χ0n) is 15.2. The first-order valence-electron chi connectivity index (χ1n) is 8.32. The molecule has 0 fully saturated rings. The van der Waals surface area contributed by atoms with Gasteiger partial charge in [-0.2, -0.15) is 0 Å². The van der Waals surface area contributed by atoms with Gasteiger partial charge in [0.1, 0.15) is 0 Å². The fraction of sp³-hybridized carbons (Fsp3) is 0.368. The van der Waals surface area contributed by atoms with Crippen LogP contribution in [0.25, 0.3) is 10.9 Å². The van der Waals surface area contributed by atoms with Crippen LogP contribution in [0, 0.1) is 0 Å². The van der Waals surface area contributed by atoms with Crippen molar-refractivity contribution in [2.45, 2.75) is 43.4 Å². The van der Waals surface area contributed by atoms with Gasteiger partial charge in [0.05, 0.1) is 0 Å². The van der Waals surface area contributed by atoms with E-state index in [1.165, 1.54) is 17.3 Å². The van der Waals surface area contributed by atoms with E-state index in [1.807, 2.05) is 0 Å². The van der Waals surface area contributed by atoms with E-state index >= 15 is 0 Å². The standard InChI is InChI=1S/C8H6N.C5H5.C4H9.C2H7Si.2ClH.Zr/c1-2-4-8-7(3-1)5-6-9-8;1-2-4-5-3-1;1-4(2)3;1-3-2;;;/h1-5,9H;1-3H,4H2;1-3H3;3H,1-2H3;2*1H;. The molecule has 1 heterocycles. The Morgan fingerprint density at radius 2 is 1.75 bits per heavy atom. The van der Waals surface area contributed by atoms with Crippen LogP contribution in [0.15, 0.2) is 51.8 Å². The molecule has 0 saturated heterocycles. The predicted octanol–water partition coefficient (Wildman–Crippen LogP) is 5.84. The predicted molar refractivity (Wildman–Crippen MR) is 113 cm³/mol. The quantitative estimate of drug-likeness (QED) is 0.553. The van der Waals surface area contributed by atoms with E-state index in [4.69, 9.17) is 0 Å². The van der Waals surface area contributed by atoms with Crippen LogP contribution < -0.4 is 3.40 Å². The van der Waals surface area contributed by atoms with Gasteiger partial charge in [-0.1, -0.05) is 0 Å². The first-order chi connectivity index (χ1) is 10.4. The largest absolute Gasteiger partial charge is 0.147 e. The number of benzene rings is 1. The maximum atomic E-state index is 3.86. The second kappa shape index (κ2) is 8.08. The molecule has 132 valence electrons. The summed E-state index contributed by atoms with van der Waals surface area (Å²) >= 11 is -2.68. The smallest absolute Gasteiger partial charge is 0.147 e. The summed E-state index contributed by atoms with van der Waals surface area (Å²) in [5, 5.41) is 1.38. The zero-order chi connectivity index (χ0) is 16.0. The number of para-hydroxylation sites is 1. The number of aromatic nitrogens is 1. The molecule has 0 bridgehead atoms. The summed E-state index contributed by atoms with van der Waals surface area (Å²) in [4.78, 5) is 3.86. The summed E-state index contributed by atoms with van der Waals surface area (Å²) in [6, 6.07) is 11.2. The van der Waals surface area contributed by atoms with Crippen molar-refractivity contribution in [2.24, 2.45) is 0 Å². The van der Waals surface area contributed by atoms with Gasteiger partial charge < -0.3 is 0 Å². The molecule has 2 aromatic rings. The number of nitrogens with one attached hydrogen (secondary N) is 1. The molecular weight excluding hydrogens is 432 g/mol. The molecule has 0 radical (unpaired) electrons. The molecule has 1 aromatic carbocycles. The SMILES string of the molecule is C[SiH](C)[Zr]([C]1=CC=CC1)([c]1cc2ccccc2[nH]1)[C](C)(C)C.Cl.Cl. The van der Waals surface area contributed by atoms with E-state index in [0.717, 1.165) is 0 Å². The van der Waals surface area contributed by atoms with E-state index < -0.39 is 25.4 Å². The Morgan fingerprint density at radius 1 is 1.08 bits per heavy atom. The number of aromatic amines is 1. The maximum absolute atomic E-state index is 3.86. The van der Waals surface area contributed by atoms with Crippen molar-refractivity contribution in [1.29, 1.82) is 0 Å². The Labute approximate surface area is 163 Å². The molecule has 0 amide bonds. The van der Waals surface area contributed by atoms with Crippen molar-refractivity contribution in [1.82, 2.24) is 4.98 Å². The molecule has 1 atom stereocenters. The fourth-order valence-electron chi connectivity index (χ4n) is 4.63. The second-order valence-corrected chi connectivity index (χ2v) is 34.3. The van der Waals surface area contributed by atoms with Gasteiger partial charge in [-0.15, -0.1) is 24.8 Å². The number of rotatable bonds is 3. The van der Waals surface area contributed by atoms with Crippen molar-refractivity contribution in [3.63, 3.8) is 0 Å². The van der Waals surface area contributed by atoms with E-state index in [0.29, 0.717) is 3.12 Å². The van der Waals surface area contributed by atoms with Gasteiger partial charge >= 0.3 is 140 Å². The number of H-pyrrole nitrogens is 1. The first kappa shape index (κ1) is 22.0. The third-order valence-corrected chi connectivity index (χ3v) is 40.9. The first-order valence-corrected chi connectivity index (χ1v) is 19.1. The summed E-state index contributed by atoms with van der Waals surface area (Å²) in [7, 11) is 0. The maximum Gasteiger partial charge on any atom is -0.147 e. The summed E-state index contributed by atoms with van der Waals surface area (Å²) in [6.45, 7) is 12.7. The minimum absolute atomic E-state index is 0. The number of hydrogen-bond donors (Lipinski definition) is 1. The van der Waals surface area contributed by atoms with Gasteiger partial charge in [0.2, 0.25) is 0 Å². The van der Waals surface area contributed by atoms with E-state index in [2.05, 4.69) is 87.4 Å². The van der Waals surface area contributed by atoms with Crippen LogP contribution in [0.4, 0.5) is 0 Å². The molecule has 1 unspecified atom stereocenters. The summed E-state index contributed by atoms with van der Waals surface area (Å²) in [5.41, 5.74) is 1.31. The van der Waals surface area contributed by atoms with Crippen LogP contribution >= 0.6 is 24.8 Å². The van der Waals surface area contributed by atoms with E-state index in [9.17, 15) is 0 Å². The summed E-state index contributed by atoms with van der Waals surface area (Å²) < 4.78 is 3.84. The molecule has 0 saturated carbocycles. The average molecular weight is 462 g/mol. The van der Waals surface area contributed by atoms with E-state index in [-0.39, 0.29) is 24.8 Å². The third kappa shape index (κ3) is 3.43. The van der Waals surface area contributed by atoms with Crippen molar-refractivity contribution < 1.29 is 19.4 Å². The molecular formula is C19H29Cl2NSiZr. The summed E-state index contributed by atoms with van der Waals surface area (Å²) in [5.74, 6) is -0.813. The monoisotopic (exact) mass is 459 g/mol. The van der Waals surface area contributed by atoms with Crippen LogP contribution in [-0.4, -0.2) is 10.9 Å².